The van der Waals surface area contributed by atoms with Crippen LogP contribution < -0.4 is 0 Å². The van der Waals surface area contributed by atoms with E-state index in [4.69, 9.17) is 10.2 Å². The number of hydrogen-bond acceptors (Lipinski definition) is 2. The number of allylic oxidation sites excluding steroid dienone is 2. The second-order valence-corrected chi connectivity index (χ2v) is 2.42. The minimum atomic E-state index is -1.18. The van der Waals surface area contributed by atoms with Crippen molar-refractivity contribution in [2.75, 3.05) is 0 Å². The molecule has 4 nitrogen and oxygen atoms in total. The molecule has 0 unspecified atom stereocenters. The quantitative estimate of drug-likeness (QED) is 0.639. The van der Waals surface area contributed by atoms with Gasteiger partial charge in [-0.3, -0.25) is 0 Å². The Morgan fingerprint density at radius 3 is 1.58 bits per heavy atom. The van der Waals surface area contributed by atoms with Crippen molar-refractivity contribution >= 4 is 11.9 Å². The van der Waals surface area contributed by atoms with E-state index in [1.54, 1.807) is 0 Å². The molecule has 0 saturated carbocycles. The van der Waals surface area contributed by atoms with Gasteiger partial charge in [0, 0.05) is 0 Å². The van der Waals surface area contributed by atoms with Gasteiger partial charge in [-0.05, 0) is 12.8 Å². The molecule has 0 aromatic heterocycles. The Balaban J connectivity index is 2.98. The summed E-state index contributed by atoms with van der Waals surface area (Å²) in [5.74, 6) is -2.35. The molecule has 0 spiro atoms. The first-order chi connectivity index (χ1) is 5.63. The number of carboxylic acids is 2. The SMILES string of the molecule is O=C(O)C1=CCCC=C1C(=O)O. The van der Waals surface area contributed by atoms with Gasteiger partial charge in [-0.2, -0.15) is 0 Å². The highest BCUT2D eigenvalue weighted by molar-refractivity contribution is 6.05. The maximum Gasteiger partial charge on any atom is 0.336 e. The van der Waals surface area contributed by atoms with Crippen LogP contribution >= 0.6 is 0 Å². The van der Waals surface area contributed by atoms with Gasteiger partial charge in [0.1, 0.15) is 0 Å². The van der Waals surface area contributed by atoms with Gasteiger partial charge >= 0.3 is 11.9 Å². The maximum atomic E-state index is 10.5. The lowest BCUT2D eigenvalue weighted by molar-refractivity contribution is -0.136. The molecule has 0 aromatic carbocycles. The summed E-state index contributed by atoms with van der Waals surface area (Å²) >= 11 is 0. The summed E-state index contributed by atoms with van der Waals surface area (Å²) < 4.78 is 0. The second kappa shape index (κ2) is 3.21. The van der Waals surface area contributed by atoms with Crippen molar-refractivity contribution in [3.63, 3.8) is 0 Å². The van der Waals surface area contributed by atoms with Crippen molar-refractivity contribution in [2.45, 2.75) is 12.8 Å². The molecule has 0 aliphatic heterocycles. The van der Waals surface area contributed by atoms with Gasteiger partial charge in [0.15, 0.2) is 0 Å². The molecule has 0 heterocycles. The summed E-state index contributed by atoms with van der Waals surface area (Å²) in [6, 6.07) is 0. The summed E-state index contributed by atoms with van der Waals surface area (Å²) in [7, 11) is 0. The lowest BCUT2D eigenvalue weighted by Gasteiger charge is -2.07. The highest BCUT2D eigenvalue weighted by atomic mass is 16.4. The summed E-state index contributed by atoms with van der Waals surface area (Å²) in [6.07, 6.45) is 4.06. The molecule has 1 aliphatic carbocycles. The molecule has 0 amide bonds. The van der Waals surface area contributed by atoms with Crippen LogP contribution in [0.5, 0.6) is 0 Å². The van der Waals surface area contributed by atoms with Gasteiger partial charge in [-0.25, -0.2) is 9.59 Å². The molecule has 0 aromatic rings. The van der Waals surface area contributed by atoms with Crippen molar-refractivity contribution < 1.29 is 19.8 Å². The molecule has 12 heavy (non-hydrogen) atoms. The summed E-state index contributed by atoms with van der Waals surface area (Å²) in [6.45, 7) is 0. The summed E-state index contributed by atoms with van der Waals surface area (Å²) in [5, 5.41) is 17.2. The van der Waals surface area contributed by atoms with Crippen molar-refractivity contribution in [3.05, 3.63) is 23.3 Å². The van der Waals surface area contributed by atoms with Crippen LogP contribution in [0.25, 0.3) is 0 Å². The van der Waals surface area contributed by atoms with Crippen LogP contribution in [-0.4, -0.2) is 22.2 Å². The third-order valence-corrected chi connectivity index (χ3v) is 1.61. The Morgan fingerprint density at radius 1 is 1.00 bits per heavy atom. The molecule has 1 aliphatic rings. The zero-order valence-corrected chi connectivity index (χ0v) is 6.28. The van der Waals surface area contributed by atoms with E-state index in [9.17, 15) is 9.59 Å². The van der Waals surface area contributed by atoms with Gasteiger partial charge < -0.3 is 10.2 Å². The monoisotopic (exact) mass is 168 g/mol. The Bertz CT molecular complexity index is 255. The van der Waals surface area contributed by atoms with Crippen molar-refractivity contribution in [3.8, 4) is 0 Å². The van der Waals surface area contributed by atoms with Crippen molar-refractivity contribution in [1.82, 2.24) is 0 Å². The van der Waals surface area contributed by atoms with Crippen LogP contribution in [0.4, 0.5) is 0 Å². The third kappa shape index (κ3) is 1.53. The fourth-order valence-corrected chi connectivity index (χ4v) is 1.08. The fourth-order valence-electron chi connectivity index (χ4n) is 1.08. The van der Waals surface area contributed by atoms with Crippen LogP contribution in [0.3, 0.4) is 0 Å². The molecule has 0 fully saturated rings. The van der Waals surface area contributed by atoms with Crippen LogP contribution in [0.1, 0.15) is 12.8 Å². The van der Waals surface area contributed by atoms with E-state index in [1.165, 1.54) is 12.2 Å². The predicted octanol–water partition coefficient (Wildman–Crippen LogP) is 0.802. The van der Waals surface area contributed by atoms with E-state index in [0.29, 0.717) is 12.8 Å². The van der Waals surface area contributed by atoms with Crippen LogP contribution in [0, 0.1) is 0 Å². The third-order valence-electron chi connectivity index (χ3n) is 1.61. The standard InChI is InChI=1S/C8H8O4/c9-7(10)5-3-1-2-4-6(5)8(11)12/h3-4H,1-2H2,(H,9,10)(H,11,12). The Kier molecular flexibility index (Phi) is 2.28. The molecule has 0 atom stereocenters. The minimum absolute atomic E-state index is 0.103. The Labute approximate surface area is 68.8 Å². The topological polar surface area (TPSA) is 74.6 Å². The Hall–Kier alpha value is -1.58. The molecule has 0 bridgehead atoms. The van der Waals surface area contributed by atoms with E-state index < -0.39 is 11.9 Å². The van der Waals surface area contributed by atoms with Gasteiger partial charge in [-0.15, -0.1) is 0 Å². The number of hydrogen-bond donors (Lipinski definition) is 2. The normalized spacial score (nSPS) is 16.3. The van der Waals surface area contributed by atoms with E-state index >= 15 is 0 Å². The van der Waals surface area contributed by atoms with Crippen LogP contribution in [0.15, 0.2) is 23.3 Å². The molecule has 4 heteroatoms. The lowest BCUT2D eigenvalue weighted by atomic mass is 9.98. The molecule has 0 saturated heterocycles. The predicted molar refractivity (Wildman–Crippen MR) is 40.7 cm³/mol. The van der Waals surface area contributed by atoms with Crippen molar-refractivity contribution in [2.24, 2.45) is 0 Å². The maximum absolute atomic E-state index is 10.5. The molecule has 64 valence electrons. The first kappa shape index (κ1) is 8.52. The van der Waals surface area contributed by atoms with E-state index in [0.717, 1.165) is 0 Å². The number of carbonyl (C=O) groups is 2. The molecule has 1 rings (SSSR count). The first-order valence-electron chi connectivity index (χ1n) is 3.50. The number of rotatable bonds is 2. The van der Waals surface area contributed by atoms with Gasteiger partial charge in [0.05, 0.1) is 11.1 Å². The highest BCUT2D eigenvalue weighted by Gasteiger charge is 2.20. The molecule has 2 N–H and O–H groups in total. The average molecular weight is 168 g/mol. The first-order valence-corrected chi connectivity index (χ1v) is 3.50. The zero-order chi connectivity index (χ0) is 9.14. The van der Waals surface area contributed by atoms with Crippen LogP contribution in [0.2, 0.25) is 0 Å². The van der Waals surface area contributed by atoms with E-state index in [-0.39, 0.29) is 11.1 Å². The lowest BCUT2D eigenvalue weighted by Crippen LogP contribution is -2.13. The number of aliphatic carboxylic acids is 2. The van der Waals surface area contributed by atoms with Gasteiger partial charge in [-0.1, -0.05) is 12.2 Å². The average Bonchev–Trinajstić information content (AvgIpc) is 2.04. The highest BCUT2D eigenvalue weighted by Crippen LogP contribution is 2.18. The van der Waals surface area contributed by atoms with Crippen molar-refractivity contribution in [1.29, 1.82) is 0 Å². The largest absolute Gasteiger partial charge is 0.478 e. The van der Waals surface area contributed by atoms with Crippen LogP contribution in [-0.2, 0) is 9.59 Å². The number of carboxylic acid groups (broad SMARTS) is 2. The van der Waals surface area contributed by atoms with E-state index in [2.05, 4.69) is 0 Å². The Morgan fingerprint density at radius 2 is 1.33 bits per heavy atom. The zero-order valence-electron chi connectivity index (χ0n) is 6.28. The molecule has 0 radical (unpaired) electrons. The summed E-state index contributed by atoms with van der Waals surface area (Å²) in [4.78, 5) is 21.0. The van der Waals surface area contributed by atoms with E-state index in [1.807, 2.05) is 0 Å². The minimum Gasteiger partial charge on any atom is -0.478 e. The summed E-state index contributed by atoms with van der Waals surface area (Å²) in [5.41, 5.74) is -0.206. The fraction of sp³-hybridized carbons (Fsp3) is 0.250. The smallest absolute Gasteiger partial charge is 0.336 e. The molecular formula is C8H8O4. The molecular weight excluding hydrogens is 160 g/mol. The van der Waals surface area contributed by atoms with Gasteiger partial charge in [0.25, 0.3) is 0 Å². The second-order valence-electron chi connectivity index (χ2n) is 2.42. The van der Waals surface area contributed by atoms with Gasteiger partial charge in [0.2, 0.25) is 0 Å².